The number of hydrogen-bond acceptors (Lipinski definition) is 4. The normalized spacial score (nSPS) is 10.5. The number of anilines is 1. The van der Waals surface area contributed by atoms with E-state index >= 15 is 0 Å². The topological polar surface area (TPSA) is 63.0 Å². The van der Waals surface area contributed by atoms with Gasteiger partial charge >= 0.3 is 0 Å². The Balaban J connectivity index is 1.64. The van der Waals surface area contributed by atoms with Crippen molar-refractivity contribution in [2.24, 2.45) is 0 Å². The Morgan fingerprint density at radius 3 is 2.67 bits per heavy atom. The lowest BCUT2D eigenvalue weighted by Gasteiger charge is -2.09. The second-order valence-electron chi connectivity index (χ2n) is 4.81. The van der Waals surface area contributed by atoms with E-state index in [1.54, 1.807) is 23.1 Å². The van der Waals surface area contributed by atoms with Crippen molar-refractivity contribution in [1.82, 2.24) is 14.8 Å². The van der Waals surface area contributed by atoms with Crippen molar-refractivity contribution in [3.63, 3.8) is 0 Å². The molecule has 0 aliphatic rings. The van der Waals surface area contributed by atoms with Crippen molar-refractivity contribution >= 4 is 5.69 Å². The van der Waals surface area contributed by atoms with Gasteiger partial charge in [0.15, 0.2) is 0 Å². The van der Waals surface area contributed by atoms with Crippen LogP contribution >= 0.6 is 0 Å². The van der Waals surface area contributed by atoms with Gasteiger partial charge in [0.2, 0.25) is 0 Å². The molecule has 0 unspecified atom stereocenters. The summed E-state index contributed by atoms with van der Waals surface area (Å²) in [6, 6.07) is 15.4. The minimum absolute atomic E-state index is 0.286. The molecule has 3 rings (SSSR count). The molecule has 106 valence electrons. The van der Waals surface area contributed by atoms with Crippen LogP contribution in [0.5, 0.6) is 5.75 Å². The van der Waals surface area contributed by atoms with Crippen molar-refractivity contribution in [1.29, 1.82) is 0 Å². The lowest BCUT2D eigenvalue weighted by molar-refractivity contribution is 0.475. The summed E-state index contributed by atoms with van der Waals surface area (Å²) in [5.74, 6) is 0.286. The van der Waals surface area contributed by atoms with Crippen molar-refractivity contribution in [3.8, 4) is 5.75 Å². The maximum absolute atomic E-state index is 9.27. The van der Waals surface area contributed by atoms with Crippen LogP contribution in [0, 0.1) is 0 Å². The van der Waals surface area contributed by atoms with Crippen LogP contribution in [-0.4, -0.2) is 19.9 Å². The van der Waals surface area contributed by atoms with Gasteiger partial charge in [0, 0.05) is 12.2 Å². The molecule has 21 heavy (non-hydrogen) atoms. The summed E-state index contributed by atoms with van der Waals surface area (Å²) in [5, 5.41) is 16.7. The lowest BCUT2D eigenvalue weighted by atomic mass is 10.2. The van der Waals surface area contributed by atoms with Crippen LogP contribution in [0.2, 0.25) is 0 Å². The van der Waals surface area contributed by atoms with E-state index in [1.165, 1.54) is 6.33 Å². The van der Waals surface area contributed by atoms with Gasteiger partial charge in [-0.05, 0) is 35.4 Å². The van der Waals surface area contributed by atoms with E-state index in [2.05, 4.69) is 27.5 Å². The Morgan fingerprint density at radius 2 is 1.90 bits per heavy atom. The third-order valence-corrected chi connectivity index (χ3v) is 3.17. The molecule has 0 saturated heterocycles. The average Bonchev–Trinajstić information content (AvgIpc) is 3.00. The number of nitrogens with one attached hydrogen (secondary N) is 1. The van der Waals surface area contributed by atoms with Gasteiger partial charge < -0.3 is 10.4 Å². The van der Waals surface area contributed by atoms with Crippen LogP contribution in [0.1, 0.15) is 11.1 Å². The molecule has 5 nitrogen and oxygen atoms in total. The summed E-state index contributed by atoms with van der Waals surface area (Å²) in [5.41, 5.74) is 3.34. The fourth-order valence-corrected chi connectivity index (χ4v) is 2.10. The van der Waals surface area contributed by atoms with Gasteiger partial charge in [-0.1, -0.05) is 24.3 Å². The van der Waals surface area contributed by atoms with E-state index < -0.39 is 0 Å². The number of hydrogen-bond donors (Lipinski definition) is 2. The van der Waals surface area contributed by atoms with Gasteiger partial charge in [0.25, 0.3) is 0 Å². The van der Waals surface area contributed by atoms with Gasteiger partial charge in [-0.15, -0.1) is 0 Å². The quantitative estimate of drug-likeness (QED) is 0.754. The van der Waals surface area contributed by atoms with E-state index in [4.69, 9.17) is 0 Å². The van der Waals surface area contributed by atoms with Crippen LogP contribution in [0.25, 0.3) is 0 Å². The maximum atomic E-state index is 9.27. The number of rotatable bonds is 5. The molecule has 2 aromatic carbocycles. The third kappa shape index (κ3) is 3.60. The molecule has 0 aliphatic carbocycles. The van der Waals surface area contributed by atoms with Crippen LogP contribution in [0.15, 0.2) is 61.2 Å². The Morgan fingerprint density at radius 1 is 1.05 bits per heavy atom. The molecule has 0 aliphatic heterocycles. The highest BCUT2D eigenvalue weighted by Crippen LogP contribution is 2.14. The maximum Gasteiger partial charge on any atom is 0.137 e. The number of benzene rings is 2. The zero-order valence-electron chi connectivity index (χ0n) is 11.5. The van der Waals surface area contributed by atoms with Gasteiger partial charge in [0.05, 0.1) is 6.54 Å². The molecule has 0 amide bonds. The molecular formula is C16H16N4O. The van der Waals surface area contributed by atoms with Crippen molar-refractivity contribution < 1.29 is 5.11 Å². The second kappa shape index (κ2) is 6.09. The van der Waals surface area contributed by atoms with E-state index in [-0.39, 0.29) is 5.75 Å². The van der Waals surface area contributed by atoms with Crippen molar-refractivity contribution in [3.05, 3.63) is 72.3 Å². The van der Waals surface area contributed by atoms with Gasteiger partial charge in [-0.3, -0.25) is 0 Å². The average molecular weight is 280 g/mol. The minimum Gasteiger partial charge on any atom is -0.508 e. The highest BCUT2D eigenvalue weighted by molar-refractivity contribution is 5.46. The lowest BCUT2D eigenvalue weighted by Crippen LogP contribution is -2.02. The molecule has 0 saturated carbocycles. The first-order chi connectivity index (χ1) is 10.3. The predicted octanol–water partition coefficient (Wildman–Crippen LogP) is 2.64. The van der Waals surface area contributed by atoms with Gasteiger partial charge in [-0.25, -0.2) is 9.67 Å². The summed E-state index contributed by atoms with van der Waals surface area (Å²) < 4.78 is 1.79. The number of phenols is 1. The largest absolute Gasteiger partial charge is 0.508 e. The molecule has 2 N–H and O–H groups in total. The van der Waals surface area contributed by atoms with E-state index in [0.717, 1.165) is 16.8 Å². The molecule has 0 spiro atoms. The third-order valence-electron chi connectivity index (χ3n) is 3.17. The Kier molecular flexibility index (Phi) is 3.82. The fraction of sp³-hybridized carbons (Fsp3) is 0.125. The standard InChI is InChI=1S/C16H16N4O/c21-16-6-4-13(5-7-16)9-18-15-3-1-2-14(8-15)10-20-12-17-11-19-20/h1-8,11-12,18,21H,9-10H2. The Labute approximate surface area is 122 Å². The smallest absolute Gasteiger partial charge is 0.137 e. The first-order valence-corrected chi connectivity index (χ1v) is 6.73. The molecular weight excluding hydrogens is 264 g/mol. The molecule has 1 aromatic heterocycles. The number of nitrogens with zero attached hydrogens (tertiary/aromatic N) is 3. The van der Waals surface area contributed by atoms with E-state index in [0.29, 0.717) is 13.1 Å². The van der Waals surface area contributed by atoms with E-state index in [1.807, 2.05) is 24.3 Å². The van der Waals surface area contributed by atoms with Gasteiger partial charge in [0.1, 0.15) is 18.4 Å². The SMILES string of the molecule is Oc1ccc(CNc2cccc(Cn3cncn3)c2)cc1. The molecule has 0 atom stereocenters. The number of aromatic hydroxyl groups is 1. The summed E-state index contributed by atoms with van der Waals surface area (Å²) in [6.07, 6.45) is 3.24. The Bertz CT molecular complexity index is 693. The highest BCUT2D eigenvalue weighted by Gasteiger charge is 1.99. The molecule has 1 heterocycles. The first-order valence-electron chi connectivity index (χ1n) is 6.73. The molecule has 3 aromatic rings. The summed E-state index contributed by atoms with van der Waals surface area (Å²) in [6.45, 7) is 1.42. The summed E-state index contributed by atoms with van der Waals surface area (Å²) >= 11 is 0. The Hall–Kier alpha value is -2.82. The molecule has 0 radical (unpaired) electrons. The molecule has 0 fully saturated rings. The zero-order chi connectivity index (χ0) is 14.5. The summed E-state index contributed by atoms with van der Waals surface area (Å²) in [4.78, 5) is 3.94. The predicted molar refractivity (Wildman–Crippen MR) is 81.0 cm³/mol. The number of aromatic nitrogens is 3. The summed E-state index contributed by atoms with van der Waals surface area (Å²) in [7, 11) is 0. The highest BCUT2D eigenvalue weighted by atomic mass is 16.3. The van der Waals surface area contributed by atoms with E-state index in [9.17, 15) is 5.11 Å². The van der Waals surface area contributed by atoms with Crippen molar-refractivity contribution in [2.45, 2.75) is 13.1 Å². The molecule has 5 heteroatoms. The monoisotopic (exact) mass is 280 g/mol. The zero-order valence-corrected chi connectivity index (χ0v) is 11.5. The first kappa shape index (κ1) is 13.2. The fourth-order valence-electron chi connectivity index (χ4n) is 2.10. The second-order valence-corrected chi connectivity index (χ2v) is 4.81. The van der Waals surface area contributed by atoms with Crippen molar-refractivity contribution in [2.75, 3.05) is 5.32 Å². The van der Waals surface area contributed by atoms with Crippen LogP contribution < -0.4 is 5.32 Å². The number of phenolic OH excluding ortho intramolecular Hbond substituents is 1. The van der Waals surface area contributed by atoms with Crippen LogP contribution in [0.4, 0.5) is 5.69 Å². The molecule has 0 bridgehead atoms. The minimum atomic E-state index is 0.286. The van der Waals surface area contributed by atoms with Gasteiger partial charge in [-0.2, -0.15) is 5.10 Å². The van der Waals surface area contributed by atoms with Crippen LogP contribution in [0.3, 0.4) is 0 Å². The van der Waals surface area contributed by atoms with Crippen LogP contribution in [-0.2, 0) is 13.1 Å².